The summed E-state index contributed by atoms with van der Waals surface area (Å²) in [6, 6.07) is 23.8. The van der Waals surface area contributed by atoms with Crippen LogP contribution in [0, 0.1) is 6.92 Å². The van der Waals surface area contributed by atoms with E-state index in [9.17, 15) is 4.79 Å². The van der Waals surface area contributed by atoms with Gasteiger partial charge in [-0.1, -0.05) is 59.6 Å². The molecule has 0 aliphatic carbocycles. The van der Waals surface area contributed by atoms with E-state index in [2.05, 4.69) is 23.2 Å². The van der Waals surface area contributed by atoms with E-state index >= 15 is 0 Å². The second-order valence-electron chi connectivity index (χ2n) is 7.63. The highest BCUT2D eigenvalue weighted by molar-refractivity contribution is 6.30. The topological polar surface area (TPSA) is 36.1 Å². The Morgan fingerprint density at radius 1 is 1.03 bits per heavy atom. The lowest BCUT2D eigenvalue weighted by Gasteiger charge is -2.36. The van der Waals surface area contributed by atoms with Gasteiger partial charge in [-0.15, -0.1) is 0 Å². The van der Waals surface area contributed by atoms with Crippen molar-refractivity contribution in [1.29, 1.82) is 0 Å². The Morgan fingerprint density at radius 3 is 2.62 bits per heavy atom. The number of H-pyrrole nitrogens is 1. The molecule has 4 aromatic rings. The third-order valence-electron chi connectivity index (χ3n) is 5.75. The van der Waals surface area contributed by atoms with E-state index in [4.69, 9.17) is 11.6 Å². The molecular formula is C25H21ClN2O. The lowest BCUT2D eigenvalue weighted by molar-refractivity contribution is 0.0692. The molecule has 5 rings (SSSR count). The van der Waals surface area contributed by atoms with Crippen LogP contribution in [0.2, 0.25) is 5.02 Å². The van der Waals surface area contributed by atoms with Crippen LogP contribution < -0.4 is 0 Å². The number of amides is 1. The van der Waals surface area contributed by atoms with Crippen LogP contribution in [0.1, 0.15) is 38.8 Å². The largest absolute Gasteiger partial charge is 0.356 e. The molecule has 0 saturated heterocycles. The molecule has 144 valence electrons. The Kier molecular flexibility index (Phi) is 4.40. The van der Waals surface area contributed by atoms with Gasteiger partial charge in [0.1, 0.15) is 0 Å². The molecule has 1 atom stereocenters. The number of rotatable bonds is 2. The van der Waals surface area contributed by atoms with Crippen molar-refractivity contribution in [2.45, 2.75) is 19.4 Å². The van der Waals surface area contributed by atoms with E-state index in [1.807, 2.05) is 66.4 Å². The maximum Gasteiger partial charge on any atom is 0.254 e. The van der Waals surface area contributed by atoms with E-state index in [0.717, 1.165) is 34.3 Å². The molecule has 1 amide bonds. The zero-order chi connectivity index (χ0) is 20.0. The van der Waals surface area contributed by atoms with Gasteiger partial charge < -0.3 is 9.88 Å². The minimum atomic E-state index is -0.170. The number of hydrogen-bond acceptors (Lipinski definition) is 1. The molecule has 4 heteroatoms. The summed E-state index contributed by atoms with van der Waals surface area (Å²) in [6.45, 7) is 2.69. The first-order chi connectivity index (χ1) is 14.1. The van der Waals surface area contributed by atoms with E-state index < -0.39 is 0 Å². The third-order valence-corrected chi connectivity index (χ3v) is 6.00. The fourth-order valence-electron chi connectivity index (χ4n) is 4.40. The molecule has 3 nitrogen and oxygen atoms in total. The number of nitrogens with one attached hydrogen (secondary N) is 1. The van der Waals surface area contributed by atoms with E-state index in [1.165, 1.54) is 10.9 Å². The molecule has 1 aliphatic rings. The van der Waals surface area contributed by atoms with Crippen LogP contribution in [0.25, 0.3) is 10.9 Å². The average molecular weight is 401 g/mol. The molecule has 0 radical (unpaired) electrons. The molecule has 29 heavy (non-hydrogen) atoms. The van der Waals surface area contributed by atoms with Crippen LogP contribution in [-0.4, -0.2) is 22.3 Å². The predicted molar refractivity (Wildman–Crippen MR) is 118 cm³/mol. The zero-order valence-corrected chi connectivity index (χ0v) is 16.9. The maximum absolute atomic E-state index is 13.5. The van der Waals surface area contributed by atoms with Gasteiger partial charge in [0.2, 0.25) is 0 Å². The molecule has 1 aromatic heterocycles. The predicted octanol–water partition coefficient (Wildman–Crippen LogP) is 5.92. The number of aromatic amines is 1. The van der Waals surface area contributed by atoms with Crippen LogP contribution >= 0.6 is 11.6 Å². The molecule has 0 bridgehead atoms. The first-order valence-corrected chi connectivity index (χ1v) is 10.2. The zero-order valence-electron chi connectivity index (χ0n) is 16.2. The van der Waals surface area contributed by atoms with E-state index in [0.29, 0.717) is 11.6 Å². The van der Waals surface area contributed by atoms with Crippen molar-refractivity contribution in [3.8, 4) is 0 Å². The number of carbonyl (C=O) groups excluding carboxylic acids is 1. The molecule has 0 fully saturated rings. The highest BCUT2D eigenvalue weighted by atomic mass is 35.5. The summed E-state index contributed by atoms with van der Waals surface area (Å²) in [5, 5.41) is 1.93. The smallest absolute Gasteiger partial charge is 0.254 e. The standard InChI is InChI=1S/C25H21ClN2O/c1-16-5-4-6-18(15-16)25(29)28-14-13-21-20-7-2-3-8-22(20)27-23(21)24(28)17-9-11-19(26)12-10-17/h2-12,15,24,27H,13-14H2,1H3/t24-/m1/s1. The van der Waals surface area contributed by atoms with Crippen molar-refractivity contribution in [1.82, 2.24) is 9.88 Å². The SMILES string of the molecule is Cc1cccc(C(=O)N2CCc3c([nH]c4ccccc34)[C@H]2c2ccc(Cl)cc2)c1. The van der Waals surface area contributed by atoms with Crippen molar-refractivity contribution < 1.29 is 4.79 Å². The van der Waals surface area contributed by atoms with Gasteiger partial charge in [0, 0.05) is 33.7 Å². The molecule has 3 aromatic carbocycles. The van der Waals surface area contributed by atoms with Gasteiger partial charge in [-0.2, -0.15) is 0 Å². The summed E-state index contributed by atoms with van der Waals surface area (Å²) in [5.74, 6) is 0.0537. The molecule has 2 heterocycles. The normalized spacial score (nSPS) is 16.1. The van der Waals surface area contributed by atoms with E-state index in [-0.39, 0.29) is 11.9 Å². The van der Waals surface area contributed by atoms with Gasteiger partial charge >= 0.3 is 0 Å². The molecule has 0 spiro atoms. The highest BCUT2D eigenvalue weighted by Gasteiger charge is 2.34. The molecular weight excluding hydrogens is 380 g/mol. The fourth-order valence-corrected chi connectivity index (χ4v) is 4.52. The van der Waals surface area contributed by atoms with Crippen molar-refractivity contribution in [3.63, 3.8) is 0 Å². The van der Waals surface area contributed by atoms with Gasteiger partial charge in [0.15, 0.2) is 0 Å². The maximum atomic E-state index is 13.5. The fraction of sp³-hybridized carbons (Fsp3) is 0.160. The third kappa shape index (κ3) is 3.12. The number of hydrogen-bond donors (Lipinski definition) is 1. The number of aromatic nitrogens is 1. The highest BCUT2D eigenvalue weighted by Crippen LogP contribution is 2.39. The summed E-state index contributed by atoms with van der Waals surface area (Å²) in [7, 11) is 0. The Labute approximate surface area is 174 Å². The van der Waals surface area contributed by atoms with Crippen LogP contribution in [-0.2, 0) is 6.42 Å². The number of nitrogens with zero attached hydrogens (tertiary/aromatic N) is 1. The number of aryl methyl sites for hydroxylation is 1. The van der Waals surface area contributed by atoms with Crippen LogP contribution in [0.5, 0.6) is 0 Å². The van der Waals surface area contributed by atoms with Gasteiger partial charge in [-0.3, -0.25) is 4.79 Å². The Hall–Kier alpha value is -3.04. The van der Waals surface area contributed by atoms with Crippen molar-refractivity contribution >= 4 is 28.4 Å². The average Bonchev–Trinajstić information content (AvgIpc) is 3.12. The Morgan fingerprint density at radius 2 is 1.83 bits per heavy atom. The van der Waals surface area contributed by atoms with Gasteiger partial charge in [-0.25, -0.2) is 0 Å². The summed E-state index contributed by atoms with van der Waals surface area (Å²) < 4.78 is 0. The summed E-state index contributed by atoms with van der Waals surface area (Å²) >= 11 is 6.14. The number of halogens is 1. The number of fused-ring (bicyclic) bond motifs is 3. The quantitative estimate of drug-likeness (QED) is 0.445. The minimum Gasteiger partial charge on any atom is -0.356 e. The van der Waals surface area contributed by atoms with Crippen molar-refractivity contribution in [2.75, 3.05) is 6.54 Å². The summed E-state index contributed by atoms with van der Waals surface area (Å²) in [5.41, 5.74) is 6.38. The number of benzene rings is 3. The number of para-hydroxylation sites is 1. The number of carbonyl (C=O) groups is 1. The molecule has 0 unspecified atom stereocenters. The molecule has 1 N–H and O–H groups in total. The van der Waals surface area contributed by atoms with Crippen molar-refractivity contribution in [3.05, 3.63) is 106 Å². The second-order valence-corrected chi connectivity index (χ2v) is 8.07. The van der Waals surface area contributed by atoms with Gasteiger partial charge in [0.25, 0.3) is 5.91 Å². The van der Waals surface area contributed by atoms with E-state index in [1.54, 1.807) is 0 Å². The van der Waals surface area contributed by atoms with Crippen LogP contribution in [0.4, 0.5) is 0 Å². The van der Waals surface area contributed by atoms with Crippen LogP contribution in [0.15, 0.2) is 72.8 Å². The van der Waals surface area contributed by atoms with Gasteiger partial charge in [-0.05, 0) is 54.8 Å². The second kappa shape index (κ2) is 7.09. The molecule has 1 aliphatic heterocycles. The monoisotopic (exact) mass is 400 g/mol. The Balaban J connectivity index is 1.66. The summed E-state index contributed by atoms with van der Waals surface area (Å²) in [6.07, 6.45) is 0.834. The first-order valence-electron chi connectivity index (χ1n) is 9.84. The van der Waals surface area contributed by atoms with Crippen molar-refractivity contribution in [2.24, 2.45) is 0 Å². The van der Waals surface area contributed by atoms with Crippen LogP contribution in [0.3, 0.4) is 0 Å². The van der Waals surface area contributed by atoms with Gasteiger partial charge in [0.05, 0.1) is 6.04 Å². The lowest BCUT2D eigenvalue weighted by Crippen LogP contribution is -2.40. The Bertz CT molecular complexity index is 1210. The first kappa shape index (κ1) is 18.0. The lowest BCUT2D eigenvalue weighted by atomic mass is 9.91. The minimum absolute atomic E-state index is 0.0537. The summed E-state index contributed by atoms with van der Waals surface area (Å²) in [4.78, 5) is 19.1. The molecule has 0 saturated carbocycles.